The maximum Gasteiger partial charge on any atom is 0.316 e. The van der Waals surface area contributed by atoms with Gasteiger partial charge in [-0.1, -0.05) is 56.7 Å². The number of aliphatic hydroxyl groups excluding tert-OH is 2. The van der Waals surface area contributed by atoms with Gasteiger partial charge in [0.05, 0.1) is 24.9 Å². The van der Waals surface area contributed by atoms with Crippen LogP contribution in [0.1, 0.15) is 73.1 Å². The molecule has 222 valence electrons. The van der Waals surface area contributed by atoms with Crippen LogP contribution in [-0.2, 0) is 23.7 Å². The summed E-state index contributed by atoms with van der Waals surface area (Å²) in [5, 5.41) is 33.8. The van der Waals surface area contributed by atoms with Crippen molar-refractivity contribution in [3.63, 3.8) is 0 Å². The third-order valence-corrected chi connectivity index (χ3v) is 9.60. The van der Waals surface area contributed by atoms with E-state index in [-0.39, 0.29) is 30.7 Å². The largest absolute Gasteiger partial charge is 0.462 e. The summed E-state index contributed by atoms with van der Waals surface area (Å²) >= 11 is 0. The Labute approximate surface area is 237 Å². The van der Waals surface area contributed by atoms with E-state index in [2.05, 4.69) is 26.0 Å². The Morgan fingerprint density at radius 3 is 2.62 bits per heavy atom. The Morgan fingerprint density at radius 1 is 1.10 bits per heavy atom. The lowest BCUT2D eigenvalue weighted by atomic mass is 9.71. The Bertz CT molecular complexity index is 1090. The molecular weight excluding hydrogens is 512 g/mol. The van der Waals surface area contributed by atoms with Gasteiger partial charge in [0.25, 0.3) is 0 Å². The number of carbonyl (C=O) groups excluding carboxylic acids is 1. The van der Waals surface area contributed by atoms with Crippen molar-refractivity contribution in [1.82, 2.24) is 0 Å². The fraction of sp³-hybridized carbons (Fsp3) is 0.719. The number of hydrogen-bond donors (Lipinski definition) is 3. The molecule has 3 N–H and O–H groups in total. The predicted molar refractivity (Wildman–Crippen MR) is 149 cm³/mol. The fourth-order valence-electron chi connectivity index (χ4n) is 7.26. The van der Waals surface area contributed by atoms with Crippen molar-refractivity contribution < 1.29 is 39.1 Å². The van der Waals surface area contributed by atoms with E-state index in [9.17, 15) is 20.1 Å². The van der Waals surface area contributed by atoms with Crippen LogP contribution in [0.4, 0.5) is 0 Å². The van der Waals surface area contributed by atoms with E-state index in [4.69, 9.17) is 18.9 Å². The topological polar surface area (TPSA) is 115 Å². The smallest absolute Gasteiger partial charge is 0.316 e. The number of rotatable bonds is 1. The first-order valence-electron chi connectivity index (χ1n) is 14.9. The van der Waals surface area contributed by atoms with Crippen LogP contribution >= 0.6 is 0 Å². The Hall–Kier alpha value is -1.81. The number of esters is 1. The van der Waals surface area contributed by atoms with Crippen LogP contribution < -0.4 is 0 Å². The summed E-state index contributed by atoms with van der Waals surface area (Å²) in [5.41, 5.74) is 0.623. The summed E-state index contributed by atoms with van der Waals surface area (Å²) in [5.74, 6) is -2.43. The summed E-state index contributed by atoms with van der Waals surface area (Å²) < 4.78 is 25.2. The molecule has 3 fully saturated rings. The molecule has 0 aromatic rings. The molecule has 3 saturated heterocycles. The quantitative estimate of drug-likeness (QED) is 0.328. The molecule has 0 saturated carbocycles. The number of fused-ring (bicyclic) bond motifs is 2. The third kappa shape index (κ3) is 5.51. The van der Waals surface area contributed by atoms with Gasteiger partial charge < -0.3 is 34.3 Å². The van der Waals surface area contributed by atoms with Gasteiger partial charge in [0.1, 0.15) is 29.8 Å². The zero-order chi connectivity index (χ0) is 28.8. The van der Waals surface area contributed by atoms with E-state index in [0.29, 0.717) is 36.8 Å². The molecule has 5 rings (SSSR count). The van der Waals surface area contributed by atoms with Crippen molar-refractivity contribution in [3.8, 4) is 0 Å². The lowest BCUT2D eigenvalue weighted by molar-refractivity contribution is -0.348. The van der Waals surface area contributed by atoms with Crippen LogP contribution in [0, 0.1) is 17.8 Å². The highest BCUT2D eigenvalue weighted by molar-refractivity contribution is 5.78. The van der Waals surface area contributed by atoms with E-state index < -0.39 is 47.7 Å². The van der Waals surface area contributed by atoms with Crippen molar-refractivity contribution in [1.29, 1.82) is 0 Å². The number of allylic oxidation sites excluding steroid dienone is 4. The molecular formula is C32H46O8. The van der Waals surface area contributed by atoms with Gasteiger partial charge in [0.15, 0.2) is 5.79 Å². The summed E-state index contributed by atoms with van der Waals surface area (Å²) in [4.78, 5) is 13.9. The van der Waals surface area contributed by atoms with Gasteiger partial charge >= 0.3 is 5.97 Å². The Morgan fingerprint density at radius 2 is 1.88 bits per heavy atom. The molecule has 3 unspecified atom stereocenters. The van der Waals surface area contributed by atoms with Gasteiger partial charge in [-0.15, -0.1) is 0 Å². The molecule has 5 aliphatic rings. The zero-order valence-corrected chi connectivity index (χ0v) is 24.4. The second-order valence-corrected chi connectivity index (χ2v) is 12.8. The minimum Gasteiger partial charge on any atom is -0.462 e. The monoisotopic (exact) mass is 558 g/mol. The van der Waals surface area contributed by atoms with E-state index >= 15 is 0 Å². The first-order chi connectivity index (χ1) is 19.0. The molecule has 1 aliphatic carbocycles. The van der Waals surface area contributed by atoms with Crippen molar-refractivity contribution in [2.45, 2.75) is 121 Å². The molecule has 40 heavy (non-hydrogen) atoms. The molecule has 0 aromatic heterocycles. The number of hydrogen-bond acceptors (Lipinski definition) is 8. The minimum atomic E-state index is -1.72. The number of aliphatic hydroxyl groups is 3. The zero-order valence-electron chi connectivity index (χ0n) is 24.4. The third-order valence-electron chi connectivity index (χ3n) is 9.60. The highest BCUT2D eigenvalue weighted by atomic mass is 16.7. The first kappa shape index (κ1) is 29.7. The average Bonchev–Trinajstić information content (AvgIpc) is 3.23. The Kier molecular flexibility index (Phi) is 8.50. The highest BCUT2D eigenvalue weighted by Crippen LogP contribution is 2.47. The fourth-order valence-corrected chi connectivity index (χ4v) is 7.26. The van der Waals surface area contributed by atoms with Gasteiger partial charge in [0, 0.05) is 25.2 Å². The van der Waals surface area contributed by atoms with Crippen LogP contribution in [0.25, 0.3) is 0 Å². The van der Waals surface area contributed by atoms with E-state index in [0.717, 1.165) is 12.8 Å². The normalized spacial score (nSPS) is 49.6. The first-order valence-corrected chi connectivity index (χ1v) is 14.9. The molecule has 0 aromatic carbocycles. The molecule has 1 spiro atoms. The van der Waals surface area contributed by atoms with Crippen LogP contribution in [0.15, 0.2) is 47.1 Å². The molecule has 0 radical (unpaired) electrons. The molecule has 4 heterocycles. The highest BCUT2D eigenvalue weighted by Gasteiger charge is 2.60. The SMILES string of the molecule is CCC1O[C@]2(CC(O)[C@@H]1C)C[C@@H]1C[C@@H](C/C=C(\C)C[C@@H](C)/C=C/C=C3\CO[C@@H]4C(O)C(C)=C[C@@H](C(=O)O1)[C@@]34O)O2. The summed E-state index contributed by atoms with van der Waals surface area (Å²) in [6.07, 6.45) is 9.41. The van der Waals surface area contributed by atoms with Gasteiger partial charge in [-0.2, -0.15) is 0 Å². The van der Waals surface area contributed by atoms with Crippen molar-refractivity contribution in [2.75, 3.05) is 6.61 Å². The van der Waals surface area contributed by atoms with Crippen LogP contribution in [0.3, 0.4) is 0 Å². The number of carbonyl (C=O) groups is 1. The second kappa shape index (κ2) is 11.5. The predicted octanol–water partition coefficient (Wildman–Crippen LogP) is 3.90. The van der Waals surface area contributed by atoms with Crippen molar-refractivity contribution in [2.24, 2.45) is 17.8 Å². The van der Waals surface area contributed by atoms with Gasteiger partial charge in [-0.05, 0) is 50.2 Å². The molecule has 11 atom stereocenters. The maximum atomic E-state index is 13.9. The van der Waals surface area contributed by atoms with Gasteiger partial charge in [-0.3, -0.25) is 4.79 Å². The summed E-state index contributed by atoms with van der Waals surface area (Å²) in [7, 11) is 0. The summed E-state index contributed by atoms with van der Waals surface area (Å²) in [6.45, 7) is 10.1. The van der Waals surface area contributed by atoms with E-state index in [1.165, 1.54) is 5.57 Å². The molecule has 8 nitrogen and oxygen atoms in total. The van der Waals surface area contributed by atoms with Crippen LogP contribution in [0.2, 0.25) is 0 Å². The second-order valence-electron chi connectivity index (χ2n) is 12.8. The molecule has 0 amide bonds. The summed E-state index contributed by atoms with van der Waals surface area (Å²) in [6, 6.07) is 0. The van der Waals surface area contributed by atoms with Gasteiger partial charge in [-0.25, -0.2) is 0 Å². The van der Waals surface area contributed by atoms with E-state index in [1.807, 2.05) is 26.0 Å². The molecule has 8 heteroatoms. The minimum absolute atomic E-state index is 0.0247. The van der Waals surface area contributed by atoms with E-state index in [1.54, 1.807) is 13.0 Å². The van der Waals surface area contributed by atoms with Crippen LogP contribution in [0.5, 0.6) is 0 Å². The average molecular weight is 559 g/mol. The lowest BCUT2D eigenvalue weighted by Crippen LogP contribution is -2.59. The van der Waals surface area contributed by atoms with Crippen molar-refractivity contribution >= 4 is 5.97 Å². The number of ether oxygens (including phenoxy) is 4. The lowest BCUT2D eigenvalue weighted by Gasteiger charge is -2.51. The van der Waals surface area contributed by atoms with Gasteiger partial charge in [0.2, 0.25) is 0 Å². The standard InChI is InChI=1S/C32H46O8/c1-6-27-21(5)26(33)16-31(40-27)15-24-14-23(39-31)11-10-19(3)12-18(2)8-7-9-22-17-37-29-28(34)20(4)13-25(30(35)38-24)32(22,29)36/h7-10,13,18,21,23-29,33-34,36H,6,11-12,14-17H2,1-5H3/b8-7+,19-10+,22-9+/t18-,21-,23+,24-,25-,26?,27?,28?,29+,31-,32-/m0/s1. The maximum absolute atomic E-state index is 13.9. The van der Waals surface area contributed by atoms with Crippen molar-refractivity contribution in [3.05, 3.63) is 47.1 Å². The van der Waals surface area contributed by atoms with Crippen LogP contribution in [-0.4, -0.2) is 75.9 Å². The molecule has 2 bridgehead atoms. The molecule has 4 aliphatic heterocycles. The Balaban J connectivity index is 1.52.